The summed E-state index contributed by atoms with van der Waals surface area (Å²) in [6, 6.07) is 2.01. The molecule has 1 aromatic heterocycles. The first-order valence-electron chi connectivity index (χ1n) is 3.10. The second kappa shape index (κ2) is 3.63. The van der Waals surface area contributed by atoms with Crippen LogP contribution in [0.5, 0.6) is 0 Å². The predicted molar refractivity (Wildman–Crippen MR) is 43.9 cm³/mol. The van der Waals surface area contributed by atoms with E-state index in [9.17, 15) is 0 Å². The monoisotopic (exact) mass is 157 g/mol. The predicted octanol–water partition coefficient (Wildman–Crippen LogP) is 0.729. The van der Waals surface area contributed by atoms with Crippen molar-refractivity contribution in [3.05, 3.63) is 18.0 Å². The van der Waals surface area contributed by atoms with Crippen molar-refractivity contribution in [2.45, 2.75) is 6.54 Å². The summed E-state index contributed by atoms with van der Waals surface area (Å²) < 4.78 is 1.84. The van der Waals surface area contributed by atoms with Crippen LogP contribution < -0.4 is 5.32 Å². The Kier molecular flexibility index (Phi) is 2.77. The second-order valence-electron chi connectivity index (χ2n) is 1.92. The fourth-order valence-electron chi connectivity index (χ4n) is 0.720. The van der Waals surface area contributed by atoms with Crippen LogP contribution >= 0.6 is 11.9 Å². The van der Waals surface area contributed by atoms with Gasteiger partial charge in [0.05, 0.1) is 5.69 Å². The Labute approximate surface area is 64.9 Å². The standard InChI is InChI=1S/C6H11N3S/c1-7-5-6-3-4-9(8-6)10-2/h3-4,7H,5H2,1-2H3. The molecule has 0 spiro atoms. The molecule has 0 aromatic carbocycles. The van der Waals surface area contributed by atoms with Crippen molar-refractivity contribution in [1.29, 1.82) is 0 Å². The first-order valence-corrected chi connectivity index (χ1v) is 4.28. The van der Waals surface area contributed by atoms with Gasteiger partial charge in [0.2, 0.25) is 0 Å². The van der Waals surface area contributed by atoms with Gasteiger partial charge in [-0.3, -0.25) is 0 Å². The topological polar surface area (TPSA) is 29.9 Å². The molecule has 0 aliphatic carbocycles. The Bertz CT molecular complexity index is 197. The number of nitrogens with one attached hydrogen (secondary N) is 1. The highest BCUT2D eigenvalue weighted by Gasteiger charge is 1.94. The highest BCUT2D eigenvalue weighted by atomic mass is 32.2. The van der Waals surface area contributed by atoms with E-state index in [1.54, 1.807) is 11.9 Å². The van der Waals surface area contributed by atoms with E-state index in [1.165, 1.54) is 0 Å². The van der Waals surface area contributed by atoms with Crippen LogP contribution in [0, 0.1) is 0 Å². The first kappa shape index (κ1) is 7.63. The van der Waals surface area contributed by atoms with Gasteiger partial charge in [0.25, 0.3) is 0 Å². The number of aromatic nitrogens is 2. The van der Waals surface area contributed by atoms with Crippen LogP contribution in [-0.4, -0.2) is 22.5 Å². The Balaban J connectivity index is 2.59. The van der Waals surface area contributed by atoms with E-state index >= 15 is 0 Å². The molecule has 1 aromatic rings. The van der Waals surface area contributed by atoms with E-state index in [0.29, 0.717) is 0 Å². The van der Waals surface area contributed by atoms with Gasteiger partial charge in [-0.15, -0.1) is 0 Å². The zero-order valence-electron chi connectivity index (χ0n) is 6.16. The van der Waals surface area contributed by atoms with Gasteiger partial charge in [-0.2, -0.15) is 5.10 Å². The molecule has 3 nitrogen and oxygen atoms in total. The van der Waals surface area contributed by atoms with Crippen molar-refractivity contribution < 1.29 is 0 Å². The molecule has 56 valence electrons. The first-order chi connectivity index (χ1) is 4.86. The molecule has 0 bridgehead atoms. The van der Waals surface area contributed by atoms with Crippen molar-refractivity contribution in [1.82, 2.24) is 14.5 Å². The average molecular weight is 157 g/mol. The minimum absolute atomic E-state index is 0.841. The fraction of sp³-hybridized carbons (Fsp3) is 0.500. The highest BCUT2D eigenvalue weighted by molar-refractivity contribution is 7.97. The molecule has 0 atom stereocenters. The summed E-state index contributed by atoms with van der Waals surface area (Å²) in [6.07, 6.45) is 3.95. The molecular weight excluding hydrogens is 146 g/mol. The quantitative estimate of drug-likeness (QED) is 0.701. The highest BCUT2D eigenvalue weighted by Crippen LogP contribution is 2.00. The largest absolute Gasteiger partial charge is 0.314 e. The number of hydrogen-bond acceptors (Lipinski definition) is 3. The summed E-state index contributed by atoms with van der Waals surface area (Å²) in [6.45, 7) is 0.841. The molecule has 0 unspecified atom stereocenters. The van der Waals surface area contributed by atoms with Gasteiger partial charge in [-0.1, -0.05) is 0 Å². The van der Waals surface area contributed by atoms with Crippen LogP contribution in [0.1, 0.15) is 5.69 Å². The van der Waals surface area contributed by atoms with Crippen molar-refractivity contribution in [3.63, 3.8) is 0 Å². The molecule has 0 aliphatic heterocycles. The van der Waals surface area contributed by atoms with Crippen LogP contribution in [0.15, 0.2) is 12.3 Å². The van der Waals surface area contributed by atoms with Crippen LogP contribution in [0.2, 0.25) is 0 Å². The molecule has 0 fully saturated rings. The second-order valence-corrected chi connectivity index (χ2v) is 2.66. The van der Waals surface area contributed by atoms with E-state index < -0.39 is 0 Å². The molecule has 1 heterocycles. The lowest BCUT2D eigenvalue weighted by Gasteiger charge is -1.92. The Hall–Kier alpha value is -0.480. The van der Waals surface area contributed by atoms with E-state index in [-0.39, 0.29) is 0 Å². The molecule has 0 saturated carbocycles. The normalized spacial score (nSPS) is 10.2. The van der Waals surface area contributed by atoms with Gasteiger partial charge in [-0.05, 0) is 25.1 Å². The van der Waals surface area contributed by atoms with Crippen LogP contribution in [0.25, 0.3) is 0 Å². The molecule has 0 amide bonds. The lowest BCUT2D eigenvalue weighted by atomic mass is 10.4. The van der Waals surface area contributed by atoms with Gasteiger partial charge in [0, 0.05) is 19.0 Å². The van der Waals surface area contributed by atoms with Crippen molar-refractivity contribution >= 4 is 11.9 Å². The minimum Gasteiger partial charge on any atom is -0.314 e. The van der Waals surface area contributed by atoms with Gasteiger partial charge in [-0.25, -0.2) is 4.09 Å². The van der Waals surface area contributed by atoms with Gasteiger partial charge in [0.15, 0.2) is 0 Å². The molecule has 1 rings (SSSR count). The summed E-state index contributed by atoms with van der Waals surface area (Å²) in [4.78, 5) is 0. The number of rotatable bonds is 3. The van der Waals surface area contributed by atoms with Crippen molar-refractivity contribution in [2.24, 2.45) is 0 Å². The maximum Gasteiger partial charge on any atom is 0.0772 e. The minimum atomic E-state index is 0.841. The molecule has 0 radical (unpaired) electrons. The van der Waals surface area contributed by atoms with E-state index in [1.807, 2.05) is 29.7 Å². The third-order valence-corrected chi connectivity index (χ3v) is 1.74. The Morgan fingerprint density at radius 1 is 1.80 bits per heavy atom. The molecule has 10 heavy (non-hydrogen) atoms. The summed E-state index contributed by atoms with van der Waals surface area (Å²) in [5.74, 6) is 0. The van der Waals surface area contributed by atoms with Gasteiger partial charge < -0.3 is 5.32 Å². The van der Waals surface area contributed by atoms with Crippen LogP contribution in [0.4, 0.5) is 0 Å². The number of nitrogens with zero attached hydrogens (tertiary/aromatic N) is 2. The molecule has 0 saturated heterocycles. The lowest BCUT2D eigenvalue weighted by molar-refractivity contribution is 0.777. The van der Waals surface area contributed by atoms with Gasteiger partial charge >= 0.3 is 0 Å². The summed E-state index contributed by atoms with van der Waals surface area (Å²) in [5, 5.41) is 7.27. The summed E-state index contributed by atoms with van der Waals surface area (Å²) >= 11 is 1.59. The molecule has 0 aliphatic rings. The number of hydrogen-bond donors (Lipinski definition) is 1. The average Bonchev–Trinajstić information content (AvgIpc) is 2.37. The Morgan fingerprint density at radius 3 is 3.10 bits per heavy atom. The van der Waals surface area contributed by atoms with Gasteiger partial charge in [0.1, 0.15) is 0 Å². The smallest absolute Gasteiger partial charge is 0.0772 e. The SMILES string of the molecule is CNCc1ccn(SC)n1. The zero-order chi connectivity index (χ0) is 7.40. The lowest BCUT2D eigenvalue weighted by Crippen LogP contribution is -2.05. The third-order valence-electron chi connectivity index (χ3n) is 1.17. The van der Waals surface area contributed by atoms with Crippen molar-refractivity contribution in [3.8, 4) is 0 Å². The van der Waals surface area contributed by atoms with E-state index in [4.69, 9.17) is 0 Å². The fourth-order valence-corrected chi connectivity index (χ4v) is 1.09. The molecular formula is C6H11N3S. The molecule has 4 heteroatoms. The Morgan fingerprint density at radius 2 is 2.60 bits per heavy atom. The zero-order valence-corrected chi connectivity index (χ0v) is 6.98. The van der Waals surface area contributed by atoms with Crippen LogP contribution in [-0.2, 0) is 6.54 Å². The maximum absolute atomic E-state index is 4.24. The molecule has 1 N–H and O–H groups in total. The van der Waals surface area contributed by atoms with Crippen molar-refractivity contribution in [2.75, 3.05) is 13.3 Å². The van der Waals surface area contributed by atoms with E-state index in [2.05, 4.69) is 10.4 Å². The maximum atomic E-state index is 4.24. The van der Waals surface area contributed by atoms with Crippen LogP contribution in [0.3, 0.4) is 0 Å². The summed E-state index contributed by atoms with van der Waals surface area (Å²) in [5.41, 5.74) is 1.08. The third kappa shape index (κ3) is 1.75. The summed E-state index contributed by atoms with van der Waals surface area (Å²) in [7, 11) is 1.91. The van der Waals surface area contributed by atoms with E-state index in [0.717, 1.165) is 12.2 Å².